The van der Waals surface area contributed by atoms with E-state index in [-0.39, 0.29) is 0 Å². The average molecular weight is 151 g/mol. The SMILES string of the molecule is CC1C2CC3C[C@H]1CN(C3)C2. The molecule has 0 aromatic carbocycles. The van der Waals surface area contributed by atoms with E-state index >= 15 is 0 Å². The van der Waals surface area contributed by atoms with Gasteiger partial charge in [-0.25, -0.2) is 0 Å². The molecule has 4 bridgehead atoms. The van der Waals surface area contributed by atoms with E-state index in [1.54, 1.807) is 12.8 Å². The Kier molecular flexibility index (Phi) is 1.18. The highest BCUT2D eigenvalue weighted by Gasteiger charge is 2.45. The maximum absolute atomic E-state index is 2.70. The van der Waals surface area contributed by atoms with Gasteiger partial charge in [0.05, 0.1) is 0 Å². The van der Waals surface area contributed by atoms with Crippen molar-refractivity contribution in [3.05, 3.63) is 0 Å². The maximum Gasteiger partial charge on any atom is 0.00127 e. The zero-order valence-electron chi connectivity index (χ0n) is 7.29. The lowest BCUT2D eigenvalue weighted by atomic mass is 9.63. The van der Waals surface area contributed by atoms with Crippen molar-refractivity contribution in [1.82, 2.24) is 4.90 Å². The van der Waals surface area contributed by atoms with E-state index < -0.39 is 0 Å². The molecule has 0 radical (unpaired) electrons. The fourth-order valence-electron chi connectivity index (χ4n) is 3.65. The second-order valence-electron chi connectivity index (χ2n) is 4.94. The first-order valence-electron chi connectivity index (χ1n) is 5.05. The van der Waals surface area contributed by atoms with Crippen molar-refractivity contribution in [3.63, 3.8) is 0 Å². The summed E-state index contributed by atoms with van der Waals surface area (Å²) in [5.41, 5.74) is 0. The average Bonchev–Trinajstić information content (AvgIpc) is 1.98. The van der Waals surface area contributed by atoms with E-state index in [0.717, 1.165) is 23.7 Å². The molecule has 62 valence electrons. The lowest BCUT2D eigenvalue weighted by Gasteiger charge is -2.55. The van der Waals surface area contributed by atoms with E-state index in [9.17, 15) is 0 Å². The Hall–Kier alpha value is -0.0400. The van der Waals surface area contributed by atoms with Gasteiger partial charge in [0, 0.05) is 19.6 Å². The molecule has 1 saturated carbocycles. The first-order chi connectivity index (χ1) is 5.33. The molecule has 3 saturated heterocycles. The summed E-state index contributed by atoms with van der Waals surface area (Å²) in [6.07, 6.45) is 3.10. The predicted octanol–water partition coefficient (Wildman–Crippen LogP) is 1.59. The van der Waals surface area contributed by atoms with Crippen LogP contribution >= 0.6 is 0 Å². The van der Waals surface area contributed by atoms with E-state index in [1.807, 2.05) is 0 Å². The van der Waals surface area contributed by atoms with Crippen LogP contribution in [0.4, 0.5) is 0 Å². The van der Waals surface area contributed by atoms with Crippen molar-refractivity contribution in [3.8, 4) is 0 Å². The molecular formula is C10H17N. The van der Waals surface area contributed by atoms with Crippen LogP contribution in [-0.4, -0.2) is 24.5 Å². The molecule has 1 aliphatic carbocycles. The van der Waals surface area contributed by atoms with Crippen LogP contribution in [0.3, 0.4) is 0 Å². The standard InChI is InChI=1S/C10H17N/c1-7-9-2-8-3-10(7)6-11(4-8)5-9/h7-10H,2-6H2,1H3/t7?,8?,9-,10?/m0/s1. The lowest BCUT2D eigenvalue weighted by Crippen LogP contribution is -2.57. The van der Waals surface area contributed by atoms with Gasteiger partial charge in [-0.1, -0.05) is 6.92 Å². The van der Waals surface area contributed by atoms with Gasteiger partial charge in [-0.05, 0) is 36.5 Å². The van der Waals surface area contributed by atoms with Gasteiger partial charge in [0.15, 0.2) is 0 Å². The van der Waals surface area contributed by atoms with Gasteiger partial charge >= 0.3 is 0 Å². The topological polar surface area (TPSA) is 3.24 Å². The fourth-order valence-corrected chi connectivity index (χ4v) is 3.65. The third-order valence-corrected chi connectivity index (χ3v) is 4.26. The monoisotopic (exact) mass is 151 g/mol. The highest BCUT2D eigenvalue weighted by molar-refractivity contribution is 4.96. The maximum atomic E-state index is 2.70. The summed E-state index contributed by atoms with van der Waals surface area (Å²) in [4.78, 5) is 2.70. The molecule has 3 heterocycles. The van der Waals surface area contributed by atoms with Gasteiger partial charge < -0.3 is 4.90 Å². The second-order valence-corrected chi connectivity index (χ2v) is 4.94. The van der Waals surface area contributed by atoms with Crippen molar-refractivity contribution < 1.29 is 0 Å². The molecular weight excluding hydrogens is 134 g/mol. The van der Waals surface area contributed by atoms with E-state index in [1.165, 1.54) is 19.6 Å². The van der Waals surface area contributed by atoms with Gasteiger partial charge in [0.25, 0.3) is 0 Å². The Bertz CT molecular complexity index is 148. The number of rotatable bonds is 0. The first-order valence-corrected chi connectivity index (χ1v) is 5.05. The van der Waals surface area contributed by atoms with Crippen molar-refractivity contribution >= 4 is 0 Å². The Balaban J connectivity index is 1.91. The van der Waals surface area contributed by atoms with Crippen LogP contribution in [0.2, 0.25) is 0 Å². The zero-order chi connectivity index (χ0) is 7.42. The summed E-state index contributed by atoms with van der Waals surface area (Å²) in [7, 11) is 0. The van der Waals surface area contributed by atoms with Crippen molar-refractivity contribution in [2.75, 3.05) is 19.6 Å². The van der Waals surface area contributed by atoms with Crippen LogP contribution in [0.5, 0.6) is 0 Å². The number of piperidine rings is 3. The molecule has 4 fully saturated rings. The third-order valence-electron chi connectivity index (χ3n) is 4.26. The summed E-state index contributed by atoms with van der Waals surface area (Å²) in [6.45, 7) is 6.76. The second kappa shape index (κ2) is 2.01. The van der Waals surface area contributed by atoms with Crippen molar-refractivity contribution in [1.29, 1.82) is 0 Å². The van der Waals surface area contributed by atoms with E-state index in [0.29, 0.717) is 0 Å². The minimum Gasteiger partial charge on any atom is -0.302 e. The molecule has 4 rings (SSSR count). The summed E-state index contributed by atoms with van der Waals surface area (Å²) in [5.74, 6) is 4.27. The molecule has 4 aliphatic rings. The largest absolute Gasteiger partial charge is 0.302 e. The minimum absolute atomic E-state index is 1.04. The van der Waals surface area contributed by atoms with Gasteiger partial charge in [0.1, 0.15) is 0 Å². The molecule has 1 heteroatoms. The van der Waals surface area contributed by atoms with Crippen molar-refractivity contribution in [2.24, 2.45) is 23.7 Å². The molecule has 0 spiro atoms. The number of hydrogen-bond acceptors (Lipinski definition) is 1. The van der Waals surface area contributed by atoms with Crippen LogP contribution < -0.4 is 0 Å². The Morgan fingerprint density at radius 2 is 1.64 bits per heavy atom. The molecule has 3 aliphatic heterocycles. The molecule has 1 nitrogen and oxygen atoms in total. The summed E-state index contributed by atoms with van der Waals surface area (Å²) in [6, 6.07) is 0. The van der Waals surface area contributed by atoms with Crippen molar-refractivity contribution in [2.45, 2.75) is 19.8 Å². The summed E-state index contributed by atoms with van der Waals surface area (Å²) in [5, 5.41) is 0. The van der Waals surface area contributed by atoms with Crippen LogP contribution in [-0.2, 0) is 0 Å². The predicted molar refractivity (Wildman–Crippen MR) is 45.3 cm³/mol. The van der Waals surface area contributed by atoms with Gasteiger partial charge in [0.2, 0.25) is 0 Å². The highest BCUT2D eigenvalue weighted by atomic mass is 15.2. The normalized spacial score (nSPS) is 60.3. The molecule has 0 amide bonds. The Morgan fingerprint density at radius 1 is 1.00 bits per heavy atom. The fraction of sp³-hybridized carbons (Fsp3) is 1.00. The van der Waals surface area contributed by atoms with Crippen LogP contribution in [0.15, 0.2) is 0 Å². The summed E-state index contributed by atoms with van der Waals surface area (Å²) >= 11 is 0. The quantitative estimate of drug-likeness (QED) is 0.508. The van der Waals surface area contributed by atoms with E-state index in [4.69, 9.17) is 0 Å². The third kappa shape index (κ3) is 0.807. The molecule has 0 aromatic rings. The Labute approximate surface area is 68.8 Å². The summed E-state index contributed by atoms with van der Waals surface area (Å²) < 4.78 is 0. The molecule has 5 atom stereocenters. The lowest BCUT2D eigenvalue weighted by molar-refractivity contribution is -0.0573. The highest BCUT2D eigenvalue weighted by Crippen LogP contribution is 2.46. The number of nitrogens with zero attached hydrogens (tertiary/aromatic N) is 1. The smallest absolute Gasteiger partial charge is 0.00127 e. The number of hydrogen-bond donors (Lipinski definition) is 0. The van der Waals surface area contributed by atoms with Crippen LogP contribution in [0.25, 0.3) is 0 Å². The molecule has 4 unspecified atom stereocenters. The zero-order valence-corrected chi connectivity index (χ0v) is 7.29. The van der Waals surface area contributed by atoms with Crippen LogP contribution in [0.1, 0.15) is 19.8 Å². The molecule has 11 heavy (non-hydrogen) atoms. The Morgan fingerprint density at radius 3 is 2.18 bits per heavy atom. The van der Waals surface area contributed by atoms with Gasteiger partial charge in [-0.3, -0.25) is 0 Å². The minimum atomic E-state index is 1.04. The van der Waals surface area contributed by atoms with E-state index in [2.05, 4.69) is 11.8 Å². The first kappa shape index (κ1) is 6.47. The molecule has 0 aromatic heterocycles. The van der Waals surface area contributed by atoms with Gasteiger partial charge in [-0.2, -0.15) is 0 Å². The molecule has 0 N–H and O–H groups in total. The van der Waals surface area contributed by atoms with Crippen LogP contribution in [0, 0.1) is 23.7 Å². The van der Waals surface area contributed by atoms with Gasteiger partial charge in [-0.15, -0.1) is 0 Å².